The number of rotatable bonds is 7. The molecule has 1 saturated carbocycles. The summed E-state index contributed by atoms with van der Waals surface area (Å²) < 4.78 is 12.4. The third kappa shape index (κ3) is 3.92. The van der Waals surface area contributed by atoms with Gasteiger partial charge in [0.2, 0.25) is 5.91 Å². The normalized spacial score (nSPS) is 13.9. The molecule has 0 atom stereocenters. The molecular weight excluding hydrogens is 308 g/mol. The van der Waals surface area contributed by atoms with Gasteiger partial charge in [-0.25, -0.2) is 0 Å². The minimum absolute atomic E-state index is 0.192. The van der Waals surface area contributed by atoms with Crippen LogP contribution in [0.1, 0.15) is 30.3 Å². The number of amides is 1. The van der Waals surface area contributed by atoms with E-state index in [4.69, 9.17) is 9.47 Å². The Morgan fingerprint density at radius 2 is 2.00 bits per heavy atom. The molecular formula is C17H20N4O3. The SMILES string of the molecule is COc1cc(/C=C/C(=O)NCc2nncn2C2CC2)cc(OC)c1. The van der Waals surface area contributed by atoms with E-state index in [1.165, 1.54) is 6.08 Å². The molecule has 24 heavy (non-hydrogen) atoms. The Morgan fingerprint density at radius 1 is 1.29 bits per heavy atom. The van der Waals surface area contributed by atoms with Crippen molar-refractivity contribution in [3.8, 4) is 11.5 Å². The highest BCUT2D eigenvalue weighted by atomic mass is 16.5. The van der Waals surface area contributed by atoms with Gasteiger partial charge in [0.1, 0.15) is 17.8 Å². The first-order chi connectivity index (χ1) is 11.7. The van der Waals surface area contributed by atoms with Crippen LogP contribution in [0.2, 0.25) is 0 Å². The standard InChI is InChI=1S/C17H20N4O3/c1-23-14-7-12(8-15(9-14)24-2)3-6-17(22)18-10-16-20-19-11-21(16)13-4-5-13/h3,6-9,11,13H,4-5,10H2,1-2H3,(H,18,22)/b6-3+. The molecule has 1 aliphatic carbocycles. The first-order valence-corrected chi connectivity index (χ1v) is 7.77. The maximum atomic E-state index is 12.0. The van der Waals surface area contributed by atoms with Crippen LogP contribution in [0.3, 0.4) is 0 Å². The summed E-state index contributed by atoms with van der Waals surface area (Å²) in [4.78, 5) is 12.0. The molecule has 1 fully saturated rings. The van der Waals surface area contributed by atoms with Gasteiger partial charge in [-0.2, -0.15) is 0 Å². The van der Waals surface area contributed by atoms with Gasteiger partial charge in [0.15, 0.2) is 5.82 Å². The van der Waals surface area contributed by atoms with Crippen LogP contribution < -0.4 is 14.8 Å². The van der Waals surface area contributed by atoms with E-state index >= 15 is 0 Å². The lowest BCUT2D eigenvalue weighted by atomic mass is 10.2. The molecule has 1 N–H and O–H groups in total. The molecule has 126 valence electrons. The van der Waals surface area contributed by atoms with Gasteiger partial charge in [0, 0.05) is 18.2 Å². The van der Waals surface area contributed by atoms with E-state index in [9.17, 15) is 4.79 Å². The van der Waals surface area contributed by atoms with E-state index in [-0.39, 0.29) is 5.91 Å². The third-order valence-electron chi connectivity index (χ3n) is 3.81. The van der Waals surface area contributed by atoms with Gasteiger partial charge >= 0.3 is 0 Å². The second-order valence-electron chi connectivity index (χ2n) is 5.58. The molecule has 0 aliphatic heterocycles. The van der Waals surface area contributed by atoms with Crippen molar-refractivity contribution in [1.82, 2.24) is 20.1 Å². The van der Waals surface area contributed by atoms with Crippen molar-refractivity contribution in [2.75, 3.05) is 14.2 Å². The van der Waals surface area contributed by atoms with Gasteiger partial charge in [0.05, 0.1) is 20.8 Å². The molecule has 1 aromatic heterocycles. The summed E-state index contributed by atoms with van der Waals surface area (Å²) in [5, 5.41) is 10.8. The maximum absolute atomic E-state index is 12.0. The fourth-order valence-electron chi connectivity index (χ4n) is 2.37. The molecule has 0 bridgehead atoms. The largest absolute Gasteiger partial charge is 0.497 e. The number of benzene rings is 1. The van der Waals surface area contributed by atoms with E-state index < -0.39 is 0 Å². The predicted octanol–water partition coefficient (Wildman–Crippen LogP) is 1.96. The molecule has 0 radical (unpaired) electrons. The van der Waals surface area contributed by atoms with Gasteiger partial charge < -0.3 is 19.4 Å². The predicted molar refractivity (Wildman–Crippen MR) is 88.7 cm³/mol. The molecule has 0 unspecified atom stereocenters. The van der Waals surface area contributed by atoms with Crippen LogP contribution in [0.25, 0.3) is 6.08 Å². The zero-order valence-corrected chi connectivity index (χ0v) is 13.7. The lowest BCUT2D eigenvalue weighted by Gasteiger charge is -2.06. The first-order valence-electron chi connectivity index (χ1n) is 7.77. The molecule has 0 spiro atoms. The van der Waals surface area contributed by atoms with Crippen molar-refractivity contribution >= 4 is 12.0 Å². The fourth-order valence-corrected chi connectivity index (χ4v) is 2.37. The number of hydrogen-bond donors (Lipinski definition) is 1. The highest BCUT2D eigenvalue weighted by molar-refractivity contribution is 5.91. The average molecular weight is 328 g/mol. The smallest absolute Gasteiger partial charge is 0.244 e. The van der Waals surface area contributed by atoms with Gasteiger partial charge in [-0.1, -0.05) is 0 Å². The third-order valence-corrected chi connectivity index (χ3v) is 3.81. The van der Waals surface area contributed by atoms with Crippen molar-refractivity contribution in [1.29, 1.82) is 0 Å². The summed E-state index contributed by atoms with van der Waals surface area (Å²) in [5.74, 6) is 1.93. The summed E-state index contributed by atoms with van der Waals surface area (Å²) in [6, 6.07) is 5.93. The Morgan fingerprint density at radius 3 is 2.62 bits per heavy atom. The van der Waals surface area contributed by atoms with Crippen molar-refractivity contribution in [3.63, 3.8) is 0 Å². The number of nitrogens with zero attached hydrogens (tertiary/aromatic N) is 3. The van der Waals surface area contributed by atoms with Gasteiger partial charge in [-0.3, -0.25) is 4.79 Å². The zero-order valence-electron chi connectivity index (χ0n) is 13.7. The molecule has 3 rings (SSSR count). The highest BCUT2D eigenvalue weighted by Crippen LogP contribution is 2.35. The second kappa shape index (κ2) is 7.16. The first kappa shape index (κ1) is 16.0. The molecule has 7 heteroatoms. The van der Waals surface area contributed by atoms with E-state index in [1.807, 2.05) is 16.7 Å². The van der Waals surface area contributed by atoms with Crippen LogP contribution in [0.5, 0.6) is 11.5 Å². The summed E-state index contributed by atoms with van der Waals surface area (Å²) in [5.41, 5.74) is 0.822. The number of carbonyl (C=O) groups is 1. The second-order valence-corrected chi connectivity index (χ2v) is 5.58. The maximum Gasteiger partial charge on any atom is 0.244 e. The van der Waals surface area contributed by atoms with Crippen molar-refractivity contribution < 1.29 is 14.3 Å². The van der Waals surface area contributed by atoms with Crippen LogP contribution >= 0.6 is 0 Å². The van der Waals surface area contributed by atoms with Crippen LogP contribution in [0.4, 0.5) is 0 Å². The van der Waals surface area contributed by atoms with E-state index in [2.05, 4.69) is 15.5 Å². The minimum Gasteiger partial charge on any atom is -0.497 e. The lowest BCUT2D eigenvalue weighted by Crippen LogP contribution is -2.22. The summed E-state index contributed by atoms with van der Waals surface area (Å²) in [7, 11) is 3.18. The molecule has 1 heterocycles. The number of aromatic nitrogens is 3. The van der Waals surface area contributed by atoms with Crippen LogP contribution in [0, 0.1) is 0 Å². The summed E-state index contributed by atoms with van der Waals surface area (Å²) in [6.45, 7) is 0.362. The quantitative estimate of drug-likeness (QED) is 0.786. The van der Waals surface area contributed by atoms with Crippen LogP contribution in [-0.4, -0.2) is 34.9 Å². The minimum atomic E-state index is -0.192. The van der Waals surface area contributed by atoms with Crippen molar-refractivity contribution in [2.45, 2.75) is 25.4 Å². The van der Waals surface area contributed by atoms with E-state index in [0.717, 1.165) is 24.2 Å². The van der Waals surface area contributed by atoms with Gasteiger partial charge in [0.25, 0.3) is 0 Å². The highest BCUT2D eigenvalue weighted by Gasteiger charge is 2.25. The Hall–Kier alpha value is -2.83. The van der Waals surface area contributed by atoms with Gasteiger partial charge in [-0.05, 0) is 36.6 Å². The van der Waals surface area contributed by atoms with Crippen LogP contribution in [-0.2, 0) is 11.3 Å². The molecule has 0 saturated heterocycles. The Kier molecular flexibility index (Phi) is 4.79. The number of hydrogen-bond acceptors (Lipinski definition) is 5. The Labute approximate surface area is 140 Å². The zero-order chi connectivity index (χ0) is 16.9. The Bertz CT molecular complexity index is 728. The molecule has 1 amide bonds. The summed E-state index contributed by atoms with van der Waals surface area (Å²) in [6.07, 6.45) is 7.21. The van der Waals surface area contributed by atoms with Crippen LogP contribution in [0.15, 0.2) is 30.6 Å². The molecule has 7 nitrogen and oxygen atoms in total. The number of ether oxygens (including phenoxy) is 2. The summed E-state index contributed by atoms with van der Waals surface area (Å²) >= 11 is 0. The lowest BCUT2D eigenvalue weighted by molar-refractivity contribution is -0.116. The average Bonchev–Trinajstić information content (AvgIpc) is 3.35. The Balaban J connectivity index is 1.60. The molecule has 1 aromatic carbocycles. The van der Waals surface area contributed by atoms with Crippen molar-refractivity contribution in [2.24, 2.45) is 0 Å². The van der Waals surface area contributed by atoms with E-state index in [1.54, 1.807) is 32.7 Å². The molecule has 2 aromatic rings. The number of methoxy groups -OCH3 is 2. The van der Waals surface area contributed by atoms with Gasteiger partial charge in [-0.15, -0.1) is 10.2 Å². The number of carbonyl (C=O) groups excluding carboxylic acids is 1. The fraction of sp³-hybridized carbons (Fsp3) is 0.353. The monoisotopic (exact) mass is 328 g/mol. The topological polar surface area (TPSA) is 78.3 Å². The van der Waals surface area contributed by atoms with E-state index in [0.29, 0.717) is 24.1 Å². The molecule has 1 aliphatic rings. The number of nitrogens with one attached hydrogen (secondary N) is 1. The van der Waals surface area contributed by atoms with Crippen molar-refractivity contribution in [3.05, 3.63) is 42.0 Å².